The maximum Gasteiger partial charge on any atom is 0.311 e. The Morgan fingerprint density at radius 1 is 0.974 bits per heavy atom. The van der Waals surface area contributed by atoms with Crippen LogP contribution in [-0.2, 0) is 23.9 Å². The average molecular weight is 548 g/mol. The zero-order valence-electron chi connectivity index (χ0n) is 22.4. The number of amides is 2. The van der Waals surface area contributed by atoms with Gasteiger partial charge in [0.05, 0.1) is 36.4 Å². The summed E-state index contributed by atoms with van der Waals surface area (Å²) in [5, 5.41) is 9.39. The van der Waals surface area contributed by atoms with Crippen LogP contribution in [0.5, 0.6) is 0 Å². The van der Waals surface area contributed by atoms with Gasteiger partial charge in [0.1, 0.15) is 6.04 Å². The Bertz CT molecular complexity index is 968. The van der Waals surface area contributed by atoms with Crippen molar-refractivity contribution in [3.63, 3.8) is 0 Å². The Morgan fingerprint density at radius 2 is 1.79 bits per heavy atom. The fourth-order valence-corrected chi connectivity index (χ4v) is 8.92. The maximum atomic E-state index is 14.3. The summed E-state index contributed by atoms with van der Waals surface area (Å²) in [7, 11) is 0. The minimum Gasteiger partial charge on any atom is -0.465 e. The second-order valence-electron chi connectivity index (χ2n) is 11.2. The molecular formula is C28H41N3O6S. The van der Waals surface area contributed by atoms with Gasteiger partial charge in [0, 0.05) is 50.6 Å². The van der Waals surface area contributed by atoms with Gasteiger partial charge in [0.2, 0.25) is 11.8 Å². The molecule has 0 aliphatic carbocycles. The van der Waals surface area contributed by atoms with Crippen LogP contribution in [0.3, 0.4) is 0 Å². The number of nitrogens with zero attached hydrogens (tertiary/aromatic N) is 3. The molecule has 0 aromatic rings. The van der Waals surface area contributed by atoms with Crippen LogP contribution in [0.1, 0.15) is 39.0 Å². The Hall–Kier alpha value is -1.88. The van der Waals surface area contributed by atoms with Crippen molar-refractivity contribution in [2.75, 3.05) is 65.7 Å². The first kappa shape index (κ1) is 27.7. The van der Waals surface area contributed by atoms with Crippen LogP contribution in [0.4, 0.5) is 0 Å². The molecule has 5 aliphatic rings. The first-order chi connectivity index (χ1) is 18.4. The van der Waals surface area contributed by atoms with Crippen LogP contribution in [0.2, 0.25) is 0 Å². The molecule has 1 spiro atoms. The van der Waals surface area contributed by atoms with E-state index in [0.29, 0.717) is 52.3 Å². The third-order valence-corrected chi connectivity index (χ3v) is 10.5. The lowest BCUT2D eigenvalue weighted by Crippen LogP contribution is -2.54. The molecular weight excluding hydrogens is 506 g/mol. The number of likely N-dealkylation sites (tertiary alicyclic amines) is 1. The third-order valence-electron chi connectivity index (χ3n) is 8.68. The van der Waals surface area contributed by atoms with Gasteiger partial charge in [-0.3, -0.25) is 19.3 Å². The van der Waals surface area contributed by atoms with Gasteiger partial charge in [-0.2, -0.15) is 0 Å². The summed E-state index contributed by atoms with van der Waals surface area (Å²) in [5.74, 6) is -1.89. The highest BCUT2D eigenvalue weighted by atomic mass is 32.2. The number of fused-ring (bicyclic) bond motifs is 2. The summed E-state index contributed by atoms with van der Waals surface area (Å²) in [6.45, 7) is 7.71. The van der Waals surface area contributed by atoms with Crippen LogP contribution in [0.15, 0.2) is 24.3 Å². The Balaban J connectivity index is 1.49. The smallest absolute Gasteiger partial charge is 0.311 e. The second-order valence-corrected chi connectivity index (χ2v) is 13.0. The van der Waals surface area contributed by atoms with Gasteiger partial charge < -0.3 is 24.4 Å². The molecule has 0 saturated carbocycles. The van der Waals surface area contributed by atoms with Crippen molar-refractivity contribution in [3.8, 4) is 0 Å². The molecule has 210 valence electrons. The van der Waals surface area contributed by atoms with E-state index in [0.717, 1.165) is 38.9 Å². The molecule has 1 unspecified atom stereocenters. The predicted molar refractivity (Wildman–Crippen MR) is 144 cm³/mol. The monoisotopic (exact) mass is 547 g/mol. The van der Waals surface area contributed by atoms with Gasteiger partial charge in [-0.1, -0.05) is 24.3 Å². The van der Waals surface area contributed by atoms with Gasteiger partial charge in [0.15, 0.2) is 0 Å². The van der Waals surface area contributed by atoms with E-state index < -0.39 is 27.4 Å². The van der Waals surface area contributed by atoms with Crippen LogP contribution in [-0.4, -0.2) is 119 Å². The predicted octanol–water partition coefficient (Wildman–Crippen LogP) is 1.46. The van der Waals surface area contributed by atoms with Gasteiger partial charge >= 0.3 is 5.97 Å². The van der Waals surface area contributed by atoms with Gasteiger partial charge in [-0.15, -0.1) is 11.8 Å². The summed E-state index contributed by atoms with van der Waals surface area (Å²) in [5.41, 5.74) is 0. The molecule has 0 aromatic heterocycles. The van der Waals surface area contributed by atoms with Crippen LogP contribution >= 0.6 is 11.8 Å². The number of ether oxygens (including phenoxy) is 2. The van der Waals surface area contributed by atoms with Crippen molar-refractivity contribution in [1.82, 2.24) is 14.7 Å². The highest BCUT2D eigenvalue weighted by molar-refractivity contribution is 8.02. The number of aliphatic hydroxyl groups is 1. The number of morpholine rings is 1. The van der Waals surface area contributed by atoms with E-state index in [2.05, 4.69) is 23.1 Å². The molecule has 38 heavy (non-hydrogen) atoms. The average Bonchev–Trinajstić information content (AvgIpc) is 3.23. The lowest BCUT2D eigenvalue weighted by Gasteiger charge is -2.37. The number of hydrogen-bond acceptors (Lipinski definition) is 8. The molecule has 1 N–H and O–H groups in total. The molecule has 0 bridgehead atoms. The molecule has 5 atom stereocenters. The molecule has 2 amide bonds. The number of aliphatic hydroxyl groups excluding tert-OH is 1. The fourth-order valence-electron chi connectivity index (χ4n) is 6.77. The first-order valence-electron chi connectivity index (χ1n) is 14.1. The van der Waals surface area contributed by atoms with Crippen molar-refractivity contribution in [2.24, 2.45) is 11.8 Å². The van der Waals surface area contributed by atoms with E-state index in [1.165, 1.54) is 0 Å². The zero-order chi connectivity index (χ0) is 26.8. The molecule has 10 heteroatoms. The van der Waals surface area contributed by atoms with Crippen molar-refractivity contribution in [3.05, 3.63) is 24.3 Å². The number of carbonyl (C=O) groups excluding carboxylic acids is 3. The molecule has 5 heterocycles. The molecule has 0 aromatic carbocycles. The van der Waals surface area contributed by atoms with E-state index in [1.807, 2.05) is 17.9 Å². The van der Waals surface area contributed by atoms with Crippen molar-refractivity contribution in [2.45, 2.75) is 54.6 Å². The highest BCUT2D eigenvalue weighted by Gasteiger charge is 2.73. The standard InChI is InChI=1S/C28H41N3O6S/c1-27-9-4-2-3-7-18-37-26(35)22(27)21-24(33)31(12-5-6-17-32)23-25(34)30(11-8-10-28(21,23)38-27)14-13-29-15-19-36-20-16-29/h4,8-10,21-23,32H,2-3,5-7,11-20H2,1H3/b9-4-/t21-,22+,23?,27-,28-/m0/s1. The normalized spacial score (nSPS) is 36.9. The molecule has 3 fully saturated rings. The Morgan fingerprint density at radius 3 is 2.58 bits per heavy atom. The van der Waals surface area contributed by atoms with Crippen molar-refractivity contribution < 1.29 is 29.0 Å². The molecule has 5 rings (SSSR count). The van der Waals surface area contributed by atoms with E-state index in [1.54, 1.807) is 16.7 Å². The SMILES string of the molecule is C[C@]12/C=C\CCCCOC(=O)[C@H]1[C@H]1C(=O)N(CCCCO)C3C(=O)N(CCN4CCOCC4)CC=C[C@@]31S2. The third kappa shape index (κ3) is 5.05. The van der Waals surface area contributed by atoms with Crippen LogP contribution in [0.25, 0.3) is 0 Å². The summed E-state index contributed by atoms with van der Waals surface area (Å²) in [6, 6.07) is -0.692. The van der Waals surface area contributed by atoms with Crippen molar-refractivity contribution in [1.29, 1.82) is 0 Å². The zero-order valence-corrected chi connectivity index (χ0v) is 23.2. The summed E-state index contributed by atoms with van der Waals surface area (Å²) >= 11 is 1.59. The Kier molecular flexibility index (Phi) is 8.52. The number of carbonyl (C=O) groups is 3. The van der Waals surface area contributed by atoms with E-state index in [4.69, 9.17) is 9.47 Å². The Labute approximate surface area is 229 Å². The highest BCUT2D eigenvalue weighted by Crippen LogP contribution is 2.65. The van der Waals surface area contributed by atoms with Crippen molar-refractivity contribution >= 4 is 29.5 Å². The molecule has 5 aliphatic heterocycles. The summed E-state index contributed by atoms with van der Waals surface area (Å²) in [4.78, 5) is 47.9. The minimum absolute atomic E-state index is 0.0351. The number of unbranched alkanes of at least 4 members (excludes halogenated alkanes) is 1. The number of allylic oxidation sites excluding steroid dienone is 1. The van der Waals surface area contributed by atoms with Crippen LogP contribution in [0, 0.1) is 11.8 Å². The van der Waals surface area contributed by atoms with E-state index >= 15 is 0 Å². The number of rotatable bonds is 7. The van der Waals surface area contributed by atoms with E-state index in [-0.39, 0.29) is 24.4 Å². The number of esters is 1. The first-order valence-corrected chi connectivity index (χ1v) is 15.0. The minimum atomic E-state index is -0.849. The van der Waals surface area contributed by atoms with Crippen LogP contribution < -0.4 is 0 Å². The topological polar surface area (TPSA) is 99.6 Å². The fraction of sp³-hybridized carbons (Fsp3) is 0.750. The van der Waals surface area contributed by atoms with Gasteiger partial charge in [-0.05, 0) is 39.0 Å². The van der Waals surface area contributed by atoms with Gasteiger partial charge in [-0.25, -0.2) is 0 Å². The quantitative estimate of drug-likeness (QED) is 0.291. The molecule has 0 radical (unpaired) electrons. The lowest BCUT2D eigenvalue weighted by atomic mass is 9.74. The maximum absolute atomic E-state index is 14.3. The number of cyclic esters (lactones) is 1. The number of hydrogen-bond donors (Lipinski definition) is 1. The largest absolute Gasteiger partial charge is 0.465 e. The molecule has 3 saturated heterocycles. The van der Waals surface area contributed by atoms with Gasteiger partial charge in [0.25, 0.3) is 0 Å². The summed E-state index contributed by atoms with van der Waals surface area (Å²) in [6.07, 6.45) is 12.1. The molecule has 9 nitrogen and oxygen atoms in total. The van der Waals surface area contributed by atoms with E-state index in [9.17, 15) is 19.5 Å². The number of thioether (sulfide) groups is 1. The second kappa shape index (κ2) is 11.7. The summed E-state index contributed by atoms with van der Waals surface area (Å²) < 4.78 is 9.68. The lowest BCUT2D eigenvalue weighted by molar-refractivity contribution is -0.154.